The Kier molecular flexibility index (Phi) is 6.80. The maximum atomic E-state index is 14.1. The number of carbonyl (C=O) groups is 1. The topological polar surface area (TPSA) is 75.7 Å². The molecule has 0 radical (unpaired) electrons. The number of sulfonamides is 1. The first-order valence-electron chi connectivity index (χ1n) is 11.2. The van der Waals surface area contributed by atoms with Crippen LogP contribution in [0.25, 0.3) is 10.8 Å². The Labute approximate surface area is 206 Å². The van der Waals surface area contributed by atoms with E-state index in [2.05, 4.69) is 5.32 Å². The fourth-order valence-corrected chi connectivity index (χ4v) is 5.76. The Morgan fingerprint density at radius 3 is 2.34 bits per heavy atom. The molecular formula is C28H28N2O4S. The largest absolute Gasteiger partial charge is 0.497 e. The second-order valence-electron chi connectivity index (χ2n) is 8.44. The van der Waals surface area contributed by atoms with Crippen molar-refractivity contribution in [3.8, 4) is 5.75 Å². The average Bonchev–Trinajstić information content (AvgIpc) is 2.85. The fourth-order valence-electron chi connectivity index (χ4n) is 4.07. The molecule has 0 spiro atoms. The maximum absolute atomic E-state index is 14.1. The molecule has 35 heavy (non-hydrogen) atoms. The first-order valence-corrected chi connectivity index (χ1v) is 12.7. The van der Waals surface area contributed by atoms with Crippen LogP contribution in [-0.4, -0.2) is 28.0 Å². The number of hydrogen-bond acceptors (Lipinski definition) is 4. The zero-order valence-corrected chi connectivity index (χ0v) is 21.0. The van der Waals surface area contributed by atoms with Gasteiger partial charge in [-0.1, -0.05) is 48.5 Å². The zero-order valence-electron chi connectivity index (χ0n) is 20.2. The number of methoxy groups -OCH3 is 1. The van der Waals surface area contributed by atoms with E-state index in [1.165, 1.54) is 4.31 Å². The second kappa shape index (κ2) is 9.80. The number of nitrogens with one attached hydrogen (secondary N) is 1. The highest BCUT2D eigenvalue weighted by Gasteiger charge is 2.30. The lowest BCUT2D eigenvalue weighted by atomic mass is 10.1. The maximum Gasteiger partial charge on any atom is 0.265 e. The summed E-state index contributed by atoms with van der Waals surface area (Å²) in [6.07, 6.45) is 0. The van der Waals surface area contributed by atoms with E-state index < -0.39 is 15.9 Å². The van der Waals surface area contributed by atoms with Crippen molar-refractivity contribution >= 4 is 38.1 Å². The molecule has 0 aliphatic heterocycles. The van der Waals surface area contributed by atoms with E-state index in [1.54, 1.807) is 49.6 Å². The number of amides is 1. The van der Waals surface area contributed by atoms with Crippen LogP contribution in [0.5, 0.6) is 5.75 Å². The van der Waals surface area contributed by atoms with Crippen molar-refractivity contribution in [2.45, 2.75) is 25.7 Å². The summed E-state index contributed by atoms with van der Waals surface area (Å²) in [7, 11) is -2.50. The lowest BCUT2D eigenvalue weighted by Crippen LogP contribution is -2.38. The van der Waals surface area contributed by atoms with Gasteiger partial charge in [0.2, 0.25) is 5.91 Å². The first-order chi connectivity index (χ1) is 16.7. The van der Waals surface area contributed by atoms with Crippen molar-refractivity contribution in [1.29, 1.82) is 0 Å². The van der Waals surface area contributed by atoms with E-state index in [0.29, 0.717) is 22.5 Å². The highest BCUT2D eigenvalue weighted by atomic mass is 32.2. The number of hydrogen-bond donors (Lipinski definition) is 1. The summed E-state index contributed by atoms with van der Waals surface area (Å²) in [5, 5.41) is 4.28. The van der Waals surface area contributed by atoms with Crippen molar-refractivity contribution < 1.29 is 17.9 Å². The van der Waals surface area contributed by atoms with Crippen molar-refractivity contribution in [3.63, 3.8) is 0 Å². The highest BCUT2D eigenvalue weighted by Crippen LogP contribution is 2.32. The van der Waals surface area contributed by atoms with Gasteiger partial charge in [-0.15, -0.1) is 0 Å². The molecule has 4 rings (SSSR count). The normalized spacial score (nSPS) is 11.3. The number of ether oxygens (including phenoxy) is 1. The molecule has 0 atom stereocenters. The molecule has 6 nitrogen and oxygen atoms in total. The van der Waals surface area contributed by atoms with Crippen LogP contribution in [0.15, 0.2) is 83.8 Å². The molecule has 4 aromatic rings. The summed E-state index contributed by atoms with van der Waals surface area (Å²) in [5.74, 6) is 0.235. The minimum Gasteiger partial charge on any atom is -0.497 e. The second-order valence-corrected chi connectivity index (χ2v) is 10.3. The predicted molar refractivity (Wildman–Crippen MR) is 141 cm³/mol. The third-order valence-electron chi connectivity index (χ3n) is 6.16. The molecule has 0 aliphatic rings. The molecule has 0 bridgehead atoms. The van der Waals surface area contributed by atoms with Crippen LogP contribution in [0.2, 0.25) is 0 Å². The third-order valence-corrected chi connectivity index (χ3v) is 7.98. The molecule has 0 aliphatic carbocycles. The number of carbonyl (C=O) groups excluding carboxylic acids is 1. The van der Waals surface area contributed by atoms with Crippen LogP contribution in [0.3, 0.4) is 0 Å². The van der Waals surface area contributed by atoms with Gasteiger partial charge in [-0.2, -0.15) is 0 Å². The Morgan fingerprint density at radius 1 is 0.886 bits per heavy atom. The fraction of sp³-hybridized carbons (Fsp3) is 0.179. The summed E-state index contributed by atoms with van der Waals surface area (Å²) in [5.41, 5.74) is 3.61. The van der Waals surface area contributed by atoms with Gasteiger partial charge in [-0.25, -0.2) is 8.42 Å². The lowest BCUT2D eigenvalue weighted by molar-refractivity contribution is -0.114. The van der Waals surface area contributed by atoms with Crippen LogP contribution < -0.4 is 14.4 Å². The molecule has 180 valence electrons. The summed E-state index contributed by atoms with van der Waals surface area (Å²) in [6.45, 7) is 5.26. The molecule has 0 fully saturated rings. The van der Waals surface area contributed by atoms with E-state index in [0.717, 1.165) is 22.1 Å². The molecule has 0 saturated heterocycles. The van der Waals surface area contributed by atoms with Gasteiger partial charge in [0, 0.05) is 11.1 Å². The molecule has 0 aromatic heterocycles. The number of aryl methyl sites for hydroxylation is 2. The lowest BCUT2D eigenvalue weighted by Gasteiger charge is -2.27. The first kappa shape index (κ1) is 24.3. The van der Waals surface area contributed by atoms with Crippen LogP contribution in [-0.2, 0) is 14.8 Å². The summed E-state index contributed by atoms with van der Waals surface area (Å²) in [4.78, 5) is 13.3. The Morgan fingerprint density at radius 2 is 1.60 bits per heavy atom. The Balaban J connectivity index is 1.77. The van der Waals surface area contributed by atoms with Gasteiger partial charge < -0.3 is 10.1 Å². The van der Waals surface area contributed by atoms with Crippen molar-refractivity contribution in [3.05, 3.63) is 95.6 Å². The molecule has 0 saturated carbocycles. The van der Waals surface area contributed by atoms with Crippen LogP contribution in [0, 0.1) is 20.8 Å². The molecular weight excluding hydrogens is 460 g/mol. The third kappa shape index (κ3) is 4.86. The van der Waals surface area contributed by atoms with E-state index in [-0.39, 0.29) is 11.4 Å². The van der Waals surface area contributed by atoms with E-state index in [4.69, 9.17) is 4.74 Å². The Bertz CT molecular complexity index is 1510. The molecule has 0 heterocycles. The molecule has 1 N–H and O–H groups in total. The standard InChI is InChI=1S/C28H28N2O4S/c1-19-9-7-13-26(21(19)3)30(18-28(31)29-25-16-15-23(34-4)17-20(25)2)35(32,33)27-14-8-11-22-10-5-6-12-24(22)27/h5-17H,18H2,1-4H3,(H,29,31). The number of fused-ring (bicyclic) bond motifs is 1. The zero-order chi connectivity index (χ0) is 25.2. The predicted octanol–water partition coefficient (Wildman–Crippen LogP) is 5.61. The van der Waals surface area contributed by atoms with Gasteiger partial charge in [0.15, 0.2) is 0 Å². The van der Waals surface area contributed by atoms with Gasteiger partial charge in [-0.05, 0) is 73.2 Å². The Hall–Kier alpha value is -3.84. The average molecular weight is 489 g/mol. The number of nitrogens with zero attached hydrogens (tertiary/aromatic N) is 1. The highest BCUT2D eigenvalue weighted by molar-refractivity contribution is 7.93. The minimum absolute atomic E-state index is 0.157. The van der Waals surface area contributed by atoms with Gasteiger partial charge in [0.1, 0.15) is 12.3 Å². The molecule has 7 heteroatoms. The van der Waals surface area contributed by atoms with Crippen LogP contribution in [0.4, 0.5) is 11.4 Å². The smallest absolute Gasteiger partial charge is 0.265 e. The van der Waals surface area contributed by atoms with Crippen molar-refractivity contribution in [1.82, 2.24) is 0 Å². The summed E-state index contributed by atoms with van der Waals surface area (Å²) >= 11 is 0. The number of benzene rings is 4. The van der Waals surface area contributed by atoms with Crippen LogP contribution >= 0.6 is 0 Å². The monoisotopic (exact) mass is 488 g/mol. The van der Waals surface area contributed by atoms with Crippen LogP contribution in [0.1, 0.15) is 16.7 Å². The molecule has 0 unspecified atom stereocenters. The number of anilines is 2. The molecule has 1 amide bonds. The number of rotatable bonds is 7. The summed E-state index contributed by atoms with van der Waals surface area (Å²) < 4.78 is 34.6. The molecule has 4 aromatic carbocycles. The van der Waals surface area contributed by atoms with Crippen molar-refractivity contribution in [2.24, 2.45) is 0 Å². The van der Waals surface area contributed by atoms with Gasteiger partial charge in [-0.3, -0.25) is 9.10 Å². The van der Waals surface area contributed by atoms with E-state index in [9.17, 15) is 13.2 Å². The van der Waals surface area contributed by atoms with Gasteiger partial charge >= 0.3 is 0 Å². The van der Waals surface area contributed by atoms with Gasteiger partial charge in [0.25, 0.3) is 10.0 Å². The quantitative estimate of drug-likeness (QED) is 0.367. The van der Waals surface area contributed by atoms with Gasteiger partial charge in [0.05, 0.1) is 17.7 Å². The van der Waals surface area contributed by atoms with E-state index in [1.807, 2.05) is 57.2 Å². The van der Waals surface area contributed by atoms with Crippen molar-refractivity contribution in [2.75, 3.05) is 23.3 Å². The summed E-state index contributed by atoms with van der Waals surface area (Å²) in [6, 6.07) is 23.3. The SMILES string of the molecule is COc1ccc(NC(=O)CN(c2cccc(C)c2C)S(=O)(=O)c2cccc3ccccc23)c(C)c1. The minimum atomic E-state index is -4.08. The van der Waals surface area contributed by atoms with E-state index >= 15 is 0 Å².